The largest absolute Gasteiger partial charge is 0.351 e. The Morgan fingerprint density at radius 2 is 2.14 bits per heavy atom. The lowest BCUT2D eigenvalue weighted by atomic mass is 10.2. The zero-order valence-corrected chi connectivity index (χ0v) is 16.3. The van der Waals surface area contributed by atoms with Crippen LogP contribution in [0.3, 0.4) is 0 Å². The maximum Gasteiger partial charge on any atom is 0.266 e. The van der Waals surface area contributed by atoms with Crippen molar-refractivity contribution in [2.45, 2.75) is 32.4 Å². The summed E-state index contributed by atoms with van der Waals surface area (Å²) < 4.78 is 5.08. The maximum absolute atomic E-state index is 12.5. The SMILES string of the molecule is Cc1nc(N2CCCC2Cn2nc(-n3ccnc3)ccc2=O)c2cnn(C)c2n1. The molecule has 1 unspecified atom stereocenters. The van der Waals surface area contributed by atoms with Gasteiger partial charge in [0.15, 0.2) is 11.5 Å². The first kappa shape index (κ1) is 17.5. The molecule has 10 heteroatoms. The summed E-state index contributed by atoms with van der Waals surface area (Å²) in [4.78, 5) is 28.0. The van der Waals surface area contributed by atoms with Crippen molar-refractivity contribution in [1.29, 1.82) is 0 Å². The number of imidazole rings is 1. The van der Waals surface area contributed by atoms with E-state index in [1.807, 2.05) is 26.4 Å². The van der Waals surface area contributed by atoms with Gasteiger partial charge in [-0.3, -0.25) is 14.0 Å². The van der Waals surface area contributed by atoms with Crippen molar-refractivity contribution in [2.75, 3.05) is 11.4 Å². The van der Waals surface area contributed by atoms with Gasteiger partial charge in [-0.1, -0.05) is 0 Å². The lowest BCUT2D eigenvalue weighted by Crippen LogP contribution is -2.38. The summed E-state index contributed by atoms with van der Waals surface area (Å²) in [6.45, 7) is 3.26. The summed E-state index contributed by atoms with van der Waals surface area (Å²) in [6.07, 6.45) is 8.97. The monoisotopic (exact) mass is 391 g/mol. The molecule has 0 aromatic carbocycles. The first-order valence-corrected chi connectivity index (χ1v) is 9.59. The first-order valence-electron chi connectivity index (χ1n) is 9.59. The molecule has 0 saturated carbocycles. The highest BCUT2D eigenvalue weighted by Gasteiger charge is 2.29. The summed E-state index contributed by atoms with van der Waals surface area (Å²) in [5.41, 5.74) is 0.696. The van der Waals surface area contributed by atoms with Gasteiger partial charge in [-0.25, -0.2) is 19.6 Å². The van der Waals surface area contributed by atoms with E-state index in [1.54, 1.807) is 33.9 Å². The van der Waals surface area contributed by atoms with Crippen LogP contribution in [0, 0.1) is 6.92 Å². The molecule has 0 N–H and O–H groups in total. The van der Waals surface area contributed by atoms with Gasteiger partial charge >= 0.3 is 0 Å². The Morgan fingerprint density at radius 1 is 1.24 bits per heavy atom. The minimum atomic E-state index is -0.119. The highest BCUT2D eigenvalue weighted by molar-refractivity contribution is 5.87. The molecule has 1 atom stereocenters. The van der Waals surface area contributed by atoms with E-state index < -0.39 is 0 Å². The zero-order chi connectivity index (χ0) is 20.0. The molecule has 5 rings (SSSR count). The van der Waals surface area contributed by atoms with E-state index in [-0.39, 0.29) is 11.6 Å². The van der Waals surface area contributed by atoms with Crippen molar-refractivity contribution in [2.24, 2.45) is 7.05 Å². The number of aromatic nitrogens is 8. The van der Waals surface area contributed by atoms with Crippen molar-refractivity contribution in [1.82, 2.24) is 39.1 Å². The number of hydrogen-bond donors (Lipinski definition) is 0. The van der Waals surface area contributed by atoms with Gasteiger partial charge in [-0.05, 0) is 25.8 Å². The fraction of sp³-hybridized carbons (Fsp3) is 0.368. The molecule has 10 nitrogen and oxygen atoms in total. The minimum absolute atomic E-state index is 0.119. The Labute approximate surface area is 166 Å². The Kier molecular flexibility index (Phi) is 4.11. The number of hydrogen-bond acceptors (Lipinski definition) is 7. The second kappa shape index (κ2) is 6.80. The number of fused-ring (bicyclic) bond motifs is 1. The second-order valence-electron chi connectivity index (χ2n) is 7.27. The molecular formula is C19H21N9O. The third kappa shape index (κ3) is 3.06. The smallest absolute Gasteiger partial charge is 0.266 e. The zero-order valence-electron chi connectivity index (χ0n) is 16.3. The van der Waals surface area contributed by atoms with Gasteiger partial charge in [0.2, 0.25) is 0 Å². The standard InChI is InChI=1S/C19H21N9O/c1-13-22-18-15(10-21-25(18)2)19(23-13)27-8-3-4-14(27)11-28-17(29)6-5-16(24-28)26-9-7-20-12-26/h5-7,9-10,12,14H,3-4,8,11H2,1-2H3. The lowest BCUT2D eigenvalue weighted by Gasteiger charge is -2.26. The predicted molar refractivity (Wildman–Crippen MR) is 107 cm³/mol. The third-order valence-electron chi connectivity index (χ3n) is 5.34. The molecule has 1 aliphatic heterocycles. The Bertz CT molecular complexity index is 1220. The van der Waals surface area contributed by atoms with Crippen LogP contribution >= 0.6 is 0 Å². The molecule has 4 aromatic rings. The Balaban J connectivity index is 1.50. The summed E-state index contributed by atoms with van der Waals surface area (Å²) in [6, 6.07) is 3.38. The number of nitrogens with zero attached hydrogens (tertiary/aromatic N) is 9. The van der Waals surface area contributed by atoms with E-state index >= 15 is 0 Å². The average Bonchev–Trinajstić information content (AvgIpc) is 3.45. The van der Waals surface area contributed by atoms with E-state index in [2.05, 4.69) is 25.1 Å². The second-order valence-corrected chi connectivity index (χ2v) is 7.27. The fourth-order valence-electron chi connectivity index (χ4n) is 3.94. The molecule has 1 aliphatic rings. The van der Waals surface area contributed by atoms with E-state index in [0.717, 1.165) is 36.2 Å². The molecule has 1 fully saturated rings. The predicted octanol–water partition coefficient (Wildman–Crippen LogP) is 1.08. The van der Waals surface area contributed by atoms with Crippen LogP contribution in [0.25, 0.3) is 16.9 Å². The van der Waals surface area contributed by atoms with Gasteiger partial charge in [-0.15, -0.1) is 0 Å². The van der Waals surface area contributed by atoms with E-state index in [9.17, 15) is 4.79 Å². The topological polar surface area (TPSA) is 99.5 Å². The van der Waals surface area contributed by atoms with Crippen LogP contribution in [0.1, 0.15) is 18.7 Å². The maximum atomic E-state index is 12.5. The van der Waals surface area contributed by atoms with Crippen LogP contribution < -0.4 is 10.5 Å². The molecule has 4 aromatic heterocycles. The molecule has 0 aliphatic carbocycles. The van der Waals surface area contributed by atoms with Crippen molar-refractivity contribution < 1.29 is 0 Å². The molecule has 148 valence electrons. The molecule has 1 saturated heterocycles. The molecular weight excluding hydrogens is 370 g/mol. The molecule has 0 radical (unpaired) electrons. The Hall–Kier alpha value is -3.56. The highest BCUT2D eigenvalue weighted by Crippen LogP contribution is 2.30. The van der Waals surface area contributed by atoms with Gasteiger partial charge in [0.25, 0.3) is 5.56 Å². The minimum Gasteiger partial charge on any atom is -0.351 e. The van der Waals surface area contributed by atoms with Crippen molar-refractivity contribution in [3.8, 4) is 5.82 Å². The van der Waals surface area contributed by atoms with Gasteiger partial charge in [-0.2, -0.15) is 10.2 Å². The molecule has 5 heterocycles. The molecule has 0 bridgehead atoms. The highest BCUT2D eigenvalue weighted by atomic mass is 16.1. The van der Waals surface area contributed by atoms with Crippen molar-refractivity contribution in [3.05, 3.63) is 53.2 Å². The summed E-state index contributed by atoms with van der Waals surface area (Å²) in [7, 11) is 1.88. The molecule has 0 amide bonds. The molecule has 29 heavy (non-hydrogen) atoms. The number of rotatable bonds is 4. The van der Waals surface area contributed by atoms with Crippen LogP contribution in [0.5, 0.6) is 0 Å². The van der Waals surface area contributed by atoms with Gasteiger partial charge in [0.1, 0.15) is 18.0 Å². The summed E-state index contributed by atoms with van der Waals surface area (Å²) in [5, 5.41) is 9.81. The van der Waals surface area contributed by atoms with Crippen molar-refractivity contribution in [3.63, 3.8) is 0 Å². The van der Waals surface area contributed by atoms with E-state index in [4.69, 9.17) is 4.98 Å². The van der Waals surface area contributed by atoms with Gasteiger partial charge in [0.05, 0.1) is 24.2 Å². The Morgan fingerprint density at radius 3 is 2.97 bits per heavy atom. The fourth-order valence-corrected chi connectivity index (χ4v) is 3.94. The quantitative estimate of drug-likeness (QED) is 0.513. The van der Waals surface area contributed by atoms with Crippen LogP contribution in [0.4, 0.5) is 5.82 Å². The van der Waals surface area contributed by atoms with Crippen molar-refractivity contribution >= 4 is 16.9 Å². The summed E-state index contributed by atoms with van der Waals surface area (Å²) >= 11 is 0. The van der Waals surface area contributed by atoms with E-state index in [0.29, 0.717) is 18.2 Å². The third-order valence-corrected chi connectivity index (χ3v) is 5.34. The van der Waals surface area contributed by atoms with Gasteiger partial charge in [0, 0.05) is 32.1 Å². The number of anilines is 1. The summed E-state index contributed by atoms with van der Waals surface area (Å²) in [5.74, 6) is 2.25. The van der Waals surface area contributed by atoms with E-state index in [1.165, 1.54) is 4.68 Å². The molecule has 0 spiro atoms. The number of aryl methyl sites for hydroxylation is 2. The van der Waals surface area contributed by atoms with Crippen LogP contribution in [0.15, 0.2) is 41.8 Å². The van der Waals surface area contributed by atoms with Crippen LogP contribution in [0.2, 0.25) is 0 Å². The van der Waals surface area contributed by atoms with Crippen LogP contribution in [-0.4, -0.2) is 51.7 Å². The normalized spacial score (nSPS) is 16.8. The average molecular weight is 391 g/mol. The first-order chi connectivity index (χ1) is 14.1. The van der Waals surface area contributed by atoms with Gasteiger partial charge < -0.3 is 4.90 Å². The van der Waals surface area contributed by atoms with Crippen LogP contribution in [-0.2, 0) is 13.6 Å². The lowest BCUT2D eigenvalue weighted by molar-refractivity contribution is 0.484.